The minimum atomic E-state index is -4.50. The standard InChI is InChI=1S/C20H17F3N4OS.C18H14F3N3OS.C17H18F3N3O3S.C14H16F3N3O3S/c1-26-18(20(21,22)23)12-15(25-26)16-8-9-17(29-16)19(28)27(11-5-10-24)13-14-6-3-2-4-7-14;1-23-16(18(19,20)21)10-12(22-23)14-6-7-15(26-14)17(25)24-9-8-11-4-2-3-5-13(11)24;1-22-14(17(18,19)20)10-11(21-22)12-2-3-13(27-12)15(24)23-6-4-16(5-7-23)25-8-9-26-16;1-20-11(14(15,16)17)6-8(19-20)9-4-5-10(24-9)13(21)18-7-12(22-2)23-3/h2-4,6-9,12H,5,11,13H2,1H3;2-7,10H,8-9H2,1H3;2-3,10H,4-9H2,1H3;4-6,12H,7H2,1-3H3,(H,18,21). The number of carbonyl (C=O) groups is 4. The monoisotopic (exact) mass is 1560 g/mol. The van der Waals surface area contributed by atoms with Gasteiger partial charge in [-0.05, 0) is 96.4 Å². The molecule has 4 amide bonds. The number of piperidine rings is 1. The number of anilines is 1. The van der Waals surface area contributed by atoms with Gasteiger partial charge in [-0.3, -0.25) is 37.9 Å². The molecule has 21 nitrogen and oxygen atoms in total. The Bertz CT molecular complexity index is 4750. The maximum absolute atomic E-state index is 13.0. The Morgan fingerprint density at radius 3 is 1.40 bits per heavy atom. The number of hydrogen-bond donors (Lipinski definition) is 1. The summed E-state index contributed by atoms with van der Waals surface area (Å²) >= 11 is 4.44. The minimum absolute atomic E-state index is 0.133. The van der Waals surface area contributed by atoms with E-state index in [2.05, 4.69) is 25.7 Å². The van der Waals surface area contributed by atoms with E-state index in [0.29, 0.717) is 91.3 Å². The van der Waals surface area contributed by atoms with Crippen molar-refractivity contribution in [2.45, 2.75) is 69.0 Å². The van der Waals surface area contributed by atoms with Crippen LogP contribution in [0.15, 0.2) is 127 Å². The van der Waals surface area contributed by atoms with Crippen LogP contribution in [0.3, 0.4) is 0 Å². The number of likely N-dealkylation sites (tertiary alicyclic amines) is 1. The van der Waals surface area contributed by atoms with Gasteiger partial charge in [0.15, 0.2) is 12.1 Å². The number of para-hydroxylation sites is 1. The Morgan fingerprint density at radius 1 is 0.557 bits per heavy atom. The predicted octanol–water partition coefficient (Wildman–Crippen LogP) is 14.8. The van der Waals surface area contributed by atoms with Crippen LogP contribution in [0.4, 0.5) is 58.4 Å². The topological polar surface area (TPSA) is 222 Å². The van der Waals surface area contributed by atoms with Crippen LogP contribution in [0.2, 0.25) is 0 Å². The molecule has 2 aromatic carbocycles. The molecule has 0 aliphatic carbocycles. The molecule has 0 radical (unpaired) electrons. The first-order chi connectivity index (χ1) is 50.2. The van der Waals surface area contributed by atoms with Crippen molar-refractivity contribution < 1.29 is 90.8 Å². The van der Waals surface area contributed by atoms with Crippen molar-refractivity contribution in [3.63, 3.8) is 0 Å². The van der Waals surface area contributed by atoms with Crippen molar-refractivity contribution >= 4 is 74.7 Å². The maximum Gasteiger partial charge on any atom is 0.433 e. The van der Waals surface area contributed by atoms with Crippen molar-refractivity contribution in [2.75, 3.05) is 65.1 Å². The molecule has 1 N–H and O–H groups in total. The first kappa shape index (κ1) is 79.0. The number of fused-ring (bicyclic) bond motifs is 1. The molecule has 3 aliphatic rings. The zero-order valence-corrected chi connectivity index (χ0v) is 60.3. The summed E-state index contributed by atoms with van der Waals surface area (Å²) in [5.41, 5.74) is 0.352. The van der Waals surface area contributed by atoms with Gasteiger partial charge in [0.2, 0.25) is 0 Å². The smallest absolute Gasteiger partial charge is 0.354 e. The summed E-state index contributed by atoms with van der Waals surface area (Å²) in [6.45, 7) is 3.56. The van der Waals surface area contributed by atoms with Crippen LogP contribution in [0.25, 0.3) is 42.3 Å². The molecule has 3 aliphatic heterocycles. The molecule has 2 fully saturated rings. The number of nitrogens with one attached hydrogen (secondary N) is 1. The number of carbonyl (C=O) groups excluding carboxylic acids is 4. The molecule has 106 heavy (non-hydrogen) atoms. The highest BCUT2D eigenvalue weighted by atomic mass is 32.1. The number of halogens is 12. The second kappa shape index (κ2) is 33.1. The fourth-order valence-corrected chi connectivity index (χ4v) is 15.0. The number of hydrogen-bond acceptors (Lipinski definition) is 17. The molecule has 11 heterocycles. The number of aryl methyl sites for hydroxylation is 4. The fourth-order valence-electron chi connectivity index (χ4n) is 11.4. The van der Waals surface area contributed by atoms with E-state index in [1.165, 1.54) is 48.5 Å². The van der Waals surface area contributed by atoms with Crippen molar-refractivity contribution in [1.82, 2.24) is 54.2 Å². The van der Waals surface area contributed by atoms with Crippen LogP contribution in [0.5, 0.6) is 0 Å². The van der Waals surface area contributed by atoms with E-state index in [1.807, 2.05) is 60.7 Å². The number of alkyl halides is 12. The van der Waals surface area contributed by atoms with Crippen LogP contribution in [0.1, 0.15) is 91.9 Å². The first-order valence-electron chi connectivity index (χ1n) is 32.0. The molecule has 562 valence electrons. The lowest BCUT2D eigenvalue weighted by molar-refractivity contribution is -0.181. The van der Waals surface area contributed by atoms with Gasteiger partial charge < -0.3 is 39.0 Å². The van der Waals surface area contributed by atoms with E-state index in [1.54, 1.807) is 57.2 Å². The van der Waals surface area contributed by atoms with Crippen molar-refractivity contribution in [2.24, 2.45) is 28.2 Å². The van der Waals surface area contributed by atoms with Crippen LogP contribution in [-0.2, 0) is 84.8 Å². The second-order valence-corrected chi connectivity index (χ2v) is 28.1. The zero-order chi connectivity index (χ0) is 76.6. The van der Waals surface area contributed by atoms with Crippen molar-refractivity contribution in [3.05, 3.63) is 181 Å². The molecule has 0 bridgehead atoms. The van der Waals surface area contributed by atoms with Crippen molar-refractivity contribution in [1.29, 1.82) is 5.26 Å². The van der Waals surface area contributed by atoms with Gasteiger partial charge >= 0.3 is 24.7 Å². The third-order valence-corrected chi connectivity index (χ3v) is 21.1. The van der Waals surface area contributed by atoms with Gasteiger partial charge in [-0.1, -0.05) is 48.5 Å². The van der Waals surface area contributed by atoms with Crippen LogP contribution in [0, 0.1) is 11.3 Å². The number of nitrogens with zero attached hydrogens (tertiary/aromatic N) is 12. The average molecular weight is 1560 g/mol. The molecule has 0 unspecified atom stereocenters. The Morgan fingerprint density at radius 2 is 0.962 bits per heavy atom. The normalized spacial score (nSPS) is 14.2. The number of ether oxygens (including phenoxy) is 4. The lowest BCUT2D eigenvalue weighted by Crippen LogP contribution is -2.47. The van der Waals surface area contributed by atoms with Gasteiger partial charge in [0.25, 0.3) is 23.6 Å². The van der Waals surface area contributed by atoms with Gasteiger partial charge in [-0.25, -0.2) is 0 Å². The van der Waals surface area contributed by atoms with Crippen LogP contribution in [-0.4, -0.2) is 145 Å². The number of amides is 4. The number of rotatable bonds is 16. The van der Waals surface area contributed by atoms with Gasteiger partial charge in [-0.2, -0.15) is 78.3 Å². The lowest BCUT2D eigenvalue weighted by atomic mass is 10.0. The first-order valence-corrected chi connectivity index (χ1v) is 35.3. The molecule has 1 spiro atoms. The number of aromatic nitrogens is 8. The Labute approximate surface area is 613 Å². The third-order valence-electron chi connectivity index (χ3n) is 16.7. The third kappa shape index (κ3) is 19.0. The van der Waals surface area contributed by atoms with Gasteiger partial charge in [-0.15, -0.1) is 45.3 Å². The summed E-state index contributed by atoms with van der Waals surface area (Å²) in [6, 6.07) is 35.9. The summed E-state index contributed by atoms with van der Waals surface area (Å²) in [6.07, 6.45) is -16.3. The summed E-state index contributed by atoms with van der Waals surface area (Å²) < 4.78 is 179. The molecule has 10 aromatic rings. The largest absolute Gasteiger partial charge is 0.433 e. The number of nitriles is 1. The van der Waals surface area contributed by atoms with E-state index in [0.717, 1.165) is 112 Å². The van der Waals surface area contributed by atoms with E-state index in [4.69, 9.17) is 24.2 Å². The quantitative estimate of drug-likeness (QED) is 0.0703. The molecule has 13 rings (SSSR count). The highest BCUT2D eigenvalue weighted by molar-refractivity contribution is 7.18. The Hall–Kier alpha value is -9.55. The summed E-state index contributed by atoms with van der Waals surface area (Å²) in [7, 11) is 7.86. The molecule has 2 saturated heterocycles. The van der Waals surface area contributed by atoms with Crippen LogP contribution >= 0.6 is 45.3 Å². The molecular formula is C69H65F12N13O8S4. The summed E-state index contributed by atoms with van der Waals surface area (Å²) in [4.78, 5) is 59.2. The van der Waals surface area contributed by atoms with Gasteiger partial charge in [0, 0.05) is 93.7 Å². The summed E-state index contributed by atoms with van der Waals surface area (Å²) in [5.74, 6) is -1.46. The Kier molecular flexibility index (Phi) is 24.7. The SMILES string of the molecule is COC(CNC(=O)c1ccc(-c2cc(C(F)(F)F)n(C)n2)s1)OC.Cn1nc(-c2ccc(C(=O)N(CCC#N)Cc3ccccc3)s2)cc1C(F)(F)F.Cn1nc(-c2ccc(C(=O)N3CCC4(CC3)OCCO4)s2)cc1C(F)(F)F.Cn1nc(-c2ccc(C(=O)N3CCc4ccccc43)s2)cc1C(F)(F)F. The molecule has 0 saturated carbocycles. The van der Waals surface area contributed by atoms with Gasteiger partial charge in [0.05, 0.1) is 71.3 Å². The van der Waals surface area contributed by atoms with Crippen LogP contribution < -0.4 is 10.2 Å². The Balaban J connectivity index is 0.000000152. The highest BCUT2D eigenvalue weighted by Crippen LogP contribution is 2.41. The second-order valence-electron chi connectivity index (χ2n) is 23.8. The van der Waals surface area contributed by atoms with E-state index in [9.17, 15) is 71.9 Å². The summed E-state index contributed by atoms with van der Waals surface area (Å²) in [5, 5.41) is 27.2. The fraction of sp³-hybridized carbons (Fsp3) is 0.348. The minimum Gasteiger partial charge on any atom is -0.354 e. The average Bonchev–Trinajstić information content (AvgIpc) is 1.69. The van der Waals surface area contributed by atoms with Crippen molar-refractivity contribution in [3.8, 4) is 48.4 Å². The van der Waals surface area contributed by atoms with Gasteiger partial charge in [0.1, 0.15) is 45.6 Å². The predicted molar refractivity (Wildman–Crippen MR) is 369 cm³/mol. The molecule has 37 heteroatoms. The van der Waals surface area contributed by atoms with E-state index in [-0.39, 0.29) is 65.9 Å². The maximum atomic E-state index is 13.0. The lowest BCUT2D eigenvalue weighted by Gasteiger charge is -2.37. The zero-order valence-electron chi connectivity index (χ0n) is 57.0. The number of thiophene rings is 4. The molecular weight excluding hydrogens is 1500 g/mol. The molecule has 8 aromatic heterocycles. The highest BCUT2D eigenvalue weighted by Gasteiger charge is 2.43. The molecule has 0 atom stereocenters. The van der Waals surface area contributed by atoms with E-state index >= 15 is 0 Å². The number of methoxy groups -OCH3 is 2. The van der Waals surface area contributed by atoms with E-state index < -0.39 is 59.6 Å². The number of benzene rings is 2.